The molecular formula is C23H25NO4. The Bertz CT molecular complexity index is 918. The molecule has 0 amide bonds. The van der Waals surface area contributed by atoms with E-state index in [0.29, 0.717) is 0 Å². The number of ether oxygens (including phenoxy) is 1. The van der Waals surface area contributed by atoms with Crippen molar-refractivity contribution in [2.24, 2.45) is 0 Å². The van der Waals surface area contributed by atoms with E-state index in [1.807, 2.05) is 48.5 Å². The van der Waals surface area contributed by atoms with Crippen LogP contribution in [0.15, 0.2) is 54.6 Å². The van der Waals surface area contributed by atoms with Crippen LogP contribution in [0.4, 0.5) is 5.69 Å². The summed E-state index contributed by atoms with van der Waals surface area (Å²) in [6.07, 6.45) is 0.757. The summed E-state index contributed by atoms with van der Waals surface area (Å²) in [5.41, 5.74) is 1.05. The van der Waals surface area contributed by atoms with E-state index in [2.05, 4.69) is 6.07 Å². The number of nitrogens with zero attached hydrogens (tertiary/aromatic N) is 1. The molecule has 1 heterocycles. The van der Waals surface area contributed by atoms with Crippen molar-refractivity contribution in [1.82, 2.24) is 0 Å². The third-order valence-electron chi connectivity index (χ3n) is 5.43. The molecule has 2 aromatic carbocycles. The molecule has 5 nitrogen and oxygen atoms in total. The third kappa shape index (κ3) is 3.00. The van der Waals surface area contributed by atoms with E-state index in [0.717, 1.165) is 17.7 Å². The zero-order valence-corrected chi connectivity index (χ0v) is 16.6. The van der Waals surface area contributed by atoms with E-state index in [1.54, 1.807) is 32.8 Å². The molecule has 146 valence electrons. The lowest BCUT2D eigenvalue weighted by molar-refractivity contribution is -0.171. The average Bonchev–Trinajstić information content (AvgIpc) is 3.17. The highest BCUT2D eigenvalue weighted by atomic mass is 16.7. The Hall–Kier alpha value is -2.66. The zero-order chi connectivity index (χ0) is 20.1. The first-order valence-corrected chi connectivity index (χ1v) is 9.60. The van der Waals surface area contributed by atoms with Gasteiger partial charge >= 0.3 is 5.97 Å². The molecule has 1 saturated heterocycles. The summed E-state index contributed by atoms with van der Waals surface area (Å²) in [7, 11) is 0. The monoisotopic (exact) mass is 379 g/mol. The van der Waals surface area contributed by atoms with Gasteiger partial charge < -0.3 is 4.74 Å². The van der Waals surface area contributed by atoms with E-state index in [9.17, 15) is 9.59 Å². The molecule has 2 aliphatic rings. The number of hydrogen-bond acceptors (Lipinski definition) is 5. The predicted molar refractivity (Wildman–Crippen MR) is 106 cm³/mol. The van der Waals surface area contributed by atoms with Crippen LogP contribution < -0.4 is 5.06 Å². The van der Waals surface area contributed by atoms with Crippen molar-refractivity contribution in [3.05, 3.63) is 65.7 Å². The minimum Gasteiger partial charge on any atom is -0.454 e. The van der Waals surface area contributed by atoms with Gasteiger partial charge in [-0.2, -0.15) is 0 Å². The Morgan fingerprint density at radius 3 is 2.39 bits per heavy atom. The molecule has 4 rings (SSSR count). The molecule has 0 spiro atoms. The summed E-state index contributed by atoms with van der Waals surface area (Å²) >= 11 is 0. The first-order valence-electron chi connectivity index (χ1n) is 9.60. The summed E-state index contributed by atoms with van der Waals surface area (Å²) in [4.78, 5) is 32.1. The number of carbonyl (C=O) groups excluding carboxylic acids is 2. The molecule has 0 unspecified atom stereocenters. The number of benzene rings is 2. The fourth-order valence-corrected chi connectivity index (χ4v) is 4.31. The summed E-state index contributed by atoms with van der Waals surface area (Å²) in [5, 5.41) is 1.80. The summed E-state index contributed by atoms with van der Waals surface area (Å²) in [5.74, 6) is -1.75. The minimum absolute atomic E-state index is 0.0591. The van der Waals surface area contributed by atoms with Crippen molar-refractivity contribution in [2.75, 3.05) is 5.06 Å². The smallest absolute Gasteiger partial charge is 0.378 e. The van der Waals surface area contributed by atoms with E-state index in [4.69, 9.17) is 9.57 Å². The summed E-state index contributed by atoms with van der Waals surface area (Å²) < 4.78 is 5.37. The fraction of sp³-hybridized carbons (Fsp3) is 0.391. The molecule has 0 saturated carbocycles. The zero-order valence-electron chi connectivity index (χ0n) is 16.6. The van der Waals surface area contributed by atoms with Crippen molar-refractivity contribution < 1.29 is 19.2 Å². The van der Waals surface area contributed by atoms with Crippen molar-refractivity contribution >= 4 is 17.4 Å². The molecule has 3 atom stereocenters. The lowest BCUT2D eigenvalue weighted by atomic mass is 9.80. The number of fused-ring (bicyclic) bond motifs is 3. The van der Waals surface area contributed by atoms with Crippen LogP contribution in [0.1, 0.15) is 44.7 Å². The SMILES string of the molecule is CC(C)(C)OC(=O)C(=O)[C@]1(C)ON(c2ccccc2)[C@H]2Cc3ccccc3[C@H]21. The van der Waals surface area contributed by atoms with Crippen molar-refractivity contribution in [3.8, 4) is 0 Å². The molecule has 1 fully saturated rings. The van der Waals surface area contributed by atoms with Gasteiger partial charge in [0.25, 0.3) is 5.78 Å². The number of rotatable bonds is 3. The second kappa shape index (κ2) is 6.45. The van der Waals surface area contributed by atoms with E-state index in [1.165, 1.54) is 5.56 Å². The highest BCUT2D eigenvalue weighted by molar-refractivity contribution is 6.37. The van der Waals surface area contributed by atoms with Crippen LogP contribution in [0.2, 0.25) is 0 Å². The maximum atomic E-state index is 13.2. The Kier molecular flexibility index (Phi) is 4.31. The highest BCUT2D eigenvalue weighted by Crippen LogP contribution is 2.52. The standard InChI is InChI=1S/C23H25NO4/c1-22(2,3)27-21(26)20(25)23(4)19-17-13-9-8-10-15(17)14-18(19)24(28-23)16-11-6-5-7-12-16/h5-13,18-19H,14H2,1-4H3/t18-,19+,23+/m0/s1. The Morgan fingerprint density at radius 1 is 1.07 bits per heavy atom. The Labute approximate surface area is 165 Å². The molecular weight excluding hydrogens is 354 g/mol. The molecule has 5 heteroatoms. The number of anilines is 1. The predicted octanol–water partition coefficient (Wildman–Crippen LogP) is 3.82. The van der Waals surface area contributed by atoms with Crippen LogP contribution in [0.3, 0.4) is 0 Å². The van der Waals surface area contributed by atoms with Gasteiger partial charge in [-0.1, -0.05) is 42.5 Å². The fourth-order valence-electron chi connectivity index (χ4n) is 4.31. The van der Waals surface area contributed by atoms with Crippen molar-refractivity contribution in [3.63, 3.8) is 0 Å². The normalized spacial score (nSPS) is 25.9. The second-order valence-electron chi connectivity index (χ2n) is 8.64. The molecule has 0 bridgehead atoms. The van der Waals surface area contributed by atoms with E-state index < -0.39 is 23.0 Å². The number of ketones is 1. The van der Waals surface area contributed by atoms with Gasteiger partial charge in [-0.25, -0.2) is 9.86 Å². The topological polar surface area (TPSA) is 55.8 Å². The lowest BCUT2D eigenvalue weighted by Gasteiger charge is -2.29. The van der Waals surface area contributed by atoms with Gasteiger partial charge in [-0.3, -0.25) is 9.63 Å². The van der Waals surface area contributed by atoms with Crippen LogP contribution in [0.5, 0.6) is 0 Å². The van der Waals surface area contributed by atoms with Gasteiger partial charge in [-0.15, -0.1) is 0 Å². The maximum absolute atomic E-state index is 13.2. The van der Waals surface area contributed by atoms with Crippen LogP contribution in [0.25, 0.3) is 0 Å². The minimum atomic E-state index is -1.32. The second-order valence-corrected chi connectivity index (χ2v) is 8.64. The van der Waals surface area contributed by atoms with E-state index in [-0.39, 0.29) is 12.0 Å². The number of hydrogen-bond donors (Lipinski definition) is 0. The Morgan fingerprint density at radius 2 is 1.71 bits per heavy atom. The molecule has 1 aliphatic heterocycles. The van der Waals surface area contributed by atoms with Crippen molar-refractivity contribution in [1.29, 1.82) is 0 Å². The maximum Gasteiger partial charge on any atom is 0.378 e. The first-order chi connectivity index (χ1) is 13.2. The van der Waals surface area contributed by atoms with Crippen LogP contribution in [-0.4, -0.2) is 29.0 Å². The van der Waals surface area contributed by atoms with E-state index >= 15 is 0 Å². The van der Waals surface area contributed by atoms with Gasteiger partial charge in [0.05, 0.1) is 11.7 Å². The number of hydroxylamine groups is 1. The molecule has 0 radical (unpaired) electrons. The molecule has 0 N–H and O–H groups in total. The molecule has 2 aromatic rings. The molecule has 0 aromatic heterocycles. The van der Waals surface area contributed by atoms with Crippen LogP contribution >= 0.6 is 0 Å². The summed E-state index contributed by atoms with van der Waals surface area (Å²) in [6, 6.07) is 17.7. The highest BCUT2D eigenvalue weighted by Gasteiger charge is 2.61. The van der Waals surface area contributed by atoms with Gasteiger partial charge in [0, 0.05) is 5.92 Å². The molecule has 28 heavy (non-hydrogen) atoms. The van der Waals surface area contributed by atoms with Crippen molar-refractivity contribution in [2.45, 2.75) is 57.3 Å². The number of Topliss-reactive ketones (excluding diaryl/α,β-unsaturated/α-hetero) is 1. The van der Waals surface area contributed by atoms with Gasteiger partial charge in [0.15, 0.2) is 5.60 Å². The summed E-state index contributed by atoms with van der Waals surface area (Å²) in [6.45, 7) is 6.96. The molecule has 1 aliphatic carbocycles. The van der Waals surface area contributed by atoms with Gasteiger partial charge in [0.2, 0.25) is 0 Å². The number of esters is 1. The van der Waals surface area contributed by atoms with Gasteiger partial charge in [-0.05, 0) is 57.4 Å². The largest absolute Gasteiger partial charge is 0.454 e. The third-order valence-corrected chi connectivity index (χ3v) is 5.43. The number of carbonyl (C=O) groups is 2. The van der Waals surface area contributed by atoms with Crippen LogP contribution in [-0.2, 0) is 25.6 Å². The quantitative estimate of drug-likeness (QED) is 0.599. The van der Waals surface area contributed by atoms with Crippen LogP contribution in [0, 0.1) is 0 Å². The van der Waals surface area contributed by atoms with Gasteiger partial charge in [0.1, 0.15) is 5.60 Å². The number of para-hydroxylation sites is 1. The Balaban J connectivity index is 1.76. The average molecular weight is 379 g/mol. The lowest BCUT2D eigenvalue weighted by Crippen LogP contribution is -2.47. The first kappa shape index (κ1) is 18.7.